The van der Waals surface area contributed by atoms with E-state index in [-0.39, 0.29) is 17.9 Å². The molecule has 1 aliphatic carbocycles. The number of halogens is 1. The molecule has 0 aromatic carbocycles. The van der Waals surface area contributed by atoms with Gasteiger partial charge in [-0.3, -0.25) is 0 Å². The van der Waals surface area contributed by atoms with Gasteiger partial charge in [0.25, 0.3) is 0 Å². The van der Waals surface area contributed by atoms with Gasteiger partial charge in [0, 0.05) is 0 Å². The van der Waals surface area contributed by atoms with E-state index in [0.29, 0.717) is 5.92 Å². The van der Waals surface area contributed by atoms with E-state index in [1.165, 1.54) is 32.1 Å². The molecule has 0 aromatic heterocycles. The highest BCUT2D eigenvalue weighted by atomic mass is 35.5. The van der Waals surface area contributed by atoms with Crippen molar-refractivity contribution in [3.63, 3.8) is 0 Å². The van der Waals surface area contributed by atoms with Crippen LogP contribution in [-0.4, -0.2) is 5.54 Å². The first-order chi connectivity index (χ1) is 5.17. The summed E-state index contributed by atoms with van der Waals surface area (Å²) in [7, 11) is 0. The summed E-state index contributed by atoms with van der Waals surface area (Å²) < 4.78 is 0. The average molecular weight is 188 g/mol. The van der Waals surface area contributed by atoms with E-state index in [1.54, 1.807) is 0 Å². The second-order valence-electron chi connectivity index (χ2n) is 3.76. The van der Waals surface area contributed by atoms with Crippen molar-refractivity contribution in [2.75, 3.05) is 0 Å². The zero-order valence-corrected chi connectivity index (χ0v) is 8.49. The summed E-state index contributed by atoms with van der Waals surface area (Å²) in [4.78, 5) is 0. The van der Waals surface area contributed by atoms with Gasteiger partial charge < -0.3 is 5.73 Å². The molecule has 70 valence electrons. The van der Waals surface area contributed by atoms with Crippen molar-refractivity contribution in [2.24, 2.45) is 11.7 Å². The van der Waals surface area contributed by atoms with E-state index in [0.717, 1.165) is 0 Å². The van der Waals surface area contributed by atoms with Gasteiger partial charge in [0.1, 0.15) is 0 Å². The Morgan fingerprint density at radius 2 is 1.83 bits per heavy atom. The van der Waals surface area contributed by atoms with Gasteiger partial charge >= 0.3 is 0 Å². The largest absolute Gasteiger partial charge is 0.315 e. The van der Waals surface area contributed by atoms with E-state index in [1.807, 2.05) is 6.92 Å². The van der Waals surface area contributed by atoms with E-state index >= 15 is 0 Å². The van der Waals surface area contributed by atoms with E-state index in [2.05, 4.69) is 5.92 Å². The molecular formula is C10H18ClN. The van der Waals surface area contributed by atoms with Crippen molar-refractivity contribution in [3.8, 4) is 12.3 Å². The molecule has 12 heavy (non-hydrogen) atoms. The van der Waals surface area contributed by atoms with Gasteiger partial charge in [-0.25, -0.2) is 0 Å². The SMILES string of the molecule is C#C[C@@](C)(N)C1CCCCC1.Cl. The molecule has 1 aliphatic rings. The number of nitrogens with two attached hydrogens (primary N) is 1. The third-order valence-electron chi connectivity index (χ3n) is 2.76. The predicted octanol–water partition coefficient (Wildman–Crippen LogP) is 2.34. The summed E-state index contributed by atoms with van der Waals surface area (Å²) >= 11 is 0. The van der Waals surface area contributed by atoms with Crippen molar-refractivity contribution >= 4 is 12.4 Å². The Balaban J connectivity index is 0.00000121. The minimum Gasteiger partial charge on any atom is -0.315 e. The van der Waals surface area contributed by atoms with Crippen LogP contribution < -0.4 is 5.73 Å². The quantitative estimate of drug-likeness (QED) is 0.627. The van der Waals surface area contributed by atoms with Gasteiger partial charge in [0.2, 0.25) is 0 Å². The Hall–Kier alpha value is -0.190. The van der Waals surface area contributed by atoms with Crippen LogP contribution in [0.3, 0.4) is 0 Å². The standard InChI is InChI=1S/C10H17N.ClH/c1-3-10(2,11)9-7-5-4-6-8-9;/h1,9H,4-8,11H2,2H3;1H/t10-;/m1./s1. The molecule has 2 heteroatoms. The molecule has 0 amide bonds. The monoisotopic (exact) mass is 187 g/mol. The maximum Gasteiger partial charge on any atom is 0.0773 e. The molecule has 0 saturated heterocycles. The second-order valence-corrected chi connectivity index (χ2v) is 3.76. The second kappa shape index (κ2) is 4.74. The van der Waals surface area contributed by atoms with Crippen molar-refractivity contribution in [3.05, 3.63) is 0 Å². The van der Waals surface area contributed by atoms with Crippen molar-refractivity contribution < 1.29 is 0 Å². The summed E-state index contributed by atoms with van der Waals surface area (Å²) in [5.41, 5.74) is 5.59. The third kappa shape index (κ3) is 2.69. The van der Waals surface area contributed by atoms with Gasteiger partial charge in [-0.05, 0) is 25.7 Å². The Morgan fingerprint density at radius 3 is 2.25 bits per heavy atom. The lowest BCUT2D eigenvalue weighted by Crippen LogP contribution is -2.43. The first-order valence-corrected chi connectivity index (χ1v) is 4.43. The smallest absolute Gasteiger partial charge is 0.0773 e. The normalized spacial score (nSPS) is 23.4. The molecule has 0 aliphatic heterocycles. The van der Waals surface area contributed by atoms with Crippen LogP contribution in [0.15, 0.2) is 0 Å². The number of hydrogen-bond acceptors (Lipinski definition) is 1. The van der Waals surface area contributed by atoms with E-state index < -0.39 is 0 Å². The van der Waals surface area contributed by atoms with Crippen LogP contribution in [0.25, 0.3) is 0 Å². The molecule has 0 radical (unpaired) electrons. The van der Waals surface area contributed by atoms with Gasteiger partial charge in [0.15, 0.2) is 0 Å². The van der Waals surface area contributed by atoms with E-state index in [9.17, 15) is 0 Å². The van der Waals surface area contributed by atoms with Crippen LogP contribution >= 0.6 is 12.4 Å². The zero-order valence-electron chi connectivity index (χ0n) is 7.68. The summed E-state index contributed by atoms with van der Waals surface area (Å²) in [6, 6.07) is 0. The molecule has 2 N–H and O–H groups in total. The summed E-state index contributed by atoms with van der Waals surface area (Å²) in [5.74, 6) is 3.25. The van der Waals surface area contributed by atoms with Crippen LogP contribution in [0, 0.1) is 18.3 Å². The molecule has 1 rings (SSSR count). The van der Waals surface area contributed by atoms with Crippen LogP contribution in [0.4, 0.5) is 0 Å². The number of terminal acetylenes is 1. The fraction of sp³-hybridized carbons (Fsp3) is 0.800. The summed E-state index contributed by atoms with van der Waals surface area (Å²) in [6.07, 6.45) is 11.8. The molecule has 1 fully saturated rings. The first kappa shape index (κ1) is 11.8. The van der Waals surface area contributed by atoms with Crippen LogP contribution in [0.1, 0.15) is 39.0 Å². The summed E-state index contributed by atoms with van der Waals surface area (Å²) in [6.45, 7) is 1.98. The summed E-state index contributed by atoms with van der Waals surface area (Å²) in [5, 5.41) is 0. The zero-order chi connectivity index (χ0) is 8.32. The molecular weight excluding hydrogens is 170 g/mol. The first-order valence-electron chi connectivity index (χ1n) is 4.43. The Kier molecular flexibility index (Phi) is 4.67. The fourth-order valence-electron chi connectivity index (χ4n) is 1.82. The minimum atomic E-state index is -0.361. The van der Waals surface area contributed by atoms with Crippen molar-refractivity contribution in [2.45, 2.75) is 44.6 Å². The Labute approximate surface area is 81.5 Å². The minimum absolute atomic E-state index is 0. The van der Waals surface area contributed by atoms with Crippen LogP contribution in [0.5, 0.6) is 0 Å². The van der Waals surface area contributed by atoms with E-state index in [4.69, 9.17) is 12.2 Å². The molecule has 0 heterocycles. The molecule has 0 bridgehead atoms. The predicted molar refractivity (Wildman–Crippen MR) is 55.2 cm³/mol. The van der Waals surface area contributed by atoms with Crippen LogP contribution in [-0.2, 0) is 0 Å². The highest BCUT2D eigenvalue weighted by molar-refractivity contribution is 5.85. The molecule has 1 saturated carbocycles. The molecule has 0 unspecified atom stereocenters. The lowest BCUT2D eigenvalue weighted by atomic mass is 9.77. The Bertz CT molecular complexity index is 163. The topological polar surface area (TPSA) is 26.0 Å². The number of hydrogen-bond donors (Lipinski definition) is 1. The maximum absolute atomic E-state index is 5.95. The Morgan fingerprint density at radius 1 is 1.33 bits per heavy atom. The van der Waals surface area contributed by atoms with Gasteiger partial charge in [-0.1, -0.05) is 25.2 Å². The number of rotatable bonds is 1. The molecule has 0 spiro atoms. The third-order valence-corrected chi connectivity index (χ3v) is 2.76. The lowest BCUT2D eigenvalue weighted by Gasteiger charge is -2.32. The maximum atomic E-state index is 5.95. The molecule has 1 atom stereocenters. The average Bonchev–Trinajstić information content (AvgIpc) is 2.06. The molecule has 0 aromatic rings. The van der Waals surface area contributed by atoms with Gasteiger partial charge in [-0.15, -0.1) is 18.8 Å². The van der Waals surface area contributed by atoms with Gasteiger partial charge in [0.05, 0.1) is 5.54 Å². The van der Waals surface area contributed by atoms with Crippen LogP contribution in [0.2, 0.25) is 0 Å². The van der Waals surface area contributed by atoms with Crippen molar-refractivity contribution in [1.82, 2.24) is 0 Å². The van der Waals surface area contributed by atoms with Gasteiger partial charge in [-0.2, -0.15) is 0 Å². The fourth-order valence-corrected chi connectivity index (χ4v) is 1.82. The molecule has 1 nitrogen and oxygen atoms in total. The highest BCUT2D eigenvalue weighted by Crippen LogP contribution is 2.30. The van der Waals surface area contributed by atoms with Crippen molar-refractivity contribution in [1.29, 1.82) is 0 Å². The lowest BCUT2D eigenvalue weighted by molar-refractivity contribution is 0.272. The highest BCUT2D eigenvalue weighted by Gasteiger charge is 2.28.